The average Bonchev–Trinajstić information content (AvgIpc) is 3.56. The summed E-state index contributed by atoms with van der Waals surface area (Å²) in [6, 6.07) is 74.9. The van der Waals surface area contributed by atoms with E-state index in [1.54, 1.807) is 0 Å². The Kier molecular flexibility index (Phi) is 7.92. The highest BCUT2D eigenvalue weighted by molar-refractivity contribution is 6.12. The van der Waals surface area contributed by atoms with Gasteiger partial charge in [-0.15, -0.1) is 0 Å². The van der Waals surface area contributed by atoms with E-state index in [-0.39, 0.29) is 5.41 Å². The topological polar surface area (TPSA) is 25.8 Å². The Morgan fingerprint density at radius 1 is 0.311 bits per heavy atom. The molecule has 0 radical (unpaired) electrons. The number of benzene rings is 10. The number of rotatable bonds is 5. The Hall–Kier alpha value is -7.68. The van der Waals surface area contributed by atoms with Gasteiger partial charge >= 0.3 is 0 Å². The molecule has 0 fully saturated rings. The molecular formula is C59H40N2. The number of hydrogen-bond donors (Lipinski definition) is 0. The highest BCUT2D eigenvalue weighted by Gasteiger charge is 2.36. The fraction of sp³-hybridized carbons (Fsp3) is 0.0508. The summed E-state index contributed by atoms with van der Waals surface area (Å²) in [5.41, 5.74) is 15.2. The van der Waals surface area contributed by atoms with Crippen molar-refractivity contribution in [2.75, 3.05) is 0 Å². The molecule has 0 atom stereocenters. The van der Waals surface area contributed by atoms with Gasteiger partial charge in [0.25, 0.3) is 0 Å². The minimum absolute atomic E-state index is 0.110. The van der Waals surface area contributed by atoms with Gasteiger partial charge in [-0.3, -0.25) is 0 Å². The molecule has 0 aliphatic heterocycles. The second-order valence-corrected chi connectivity index (χ2v) is 16.9. The van der Waals surface area contributed by atoms with Gasteiger partial charge < -0.3 is 0 Å². The van der Waals surface area contributed by atoms with Gasteiger partial charge in [-0.2, -0.15) is 0 Å². The third-order valence-electron chi connectivity index (χ3n) is 13.1. The van der Waals surface area contributed by atoms with Gasteiger partial charge in [0.2, 0.25) is 0 Å². The lowest BCUT2D eigenvalue weighted by Crippen LogP contribution is -2.15. The lowest BCUT2D eigenvalue weighted by atomic mass is 9.81. The van der Waals surface area contributed by atoms with Crippen molar-refractivity contribution in [3.63, 3.8) is 0 Å². The van der Waals surface area contributed by atoms with Crippen LogP contribution in [-0.2, 0) is 5.41 Å². The van der Waals surface area contributed by atoms with Crippen LogP contribution in [0.25, 0.3) is 110 Å². The van der Waals surface area contributed by atoms with E-state index in [9.17, 15) is 0 Å². The Morgan fingerprint density at radius 3 is 1.56 bits per heavy atom. The molecule has 0 saturated heterocycles. The molecule has 1 heterocycles. The molecule has 0 N–H and O–H groups in total. The van der Waals surface area contributed by atoms with Crippen molar-refractivity contribution >= 4 is 43.1 Å². The first-order chi connectivity index (χ1) is 30.0. The summed E-state index contributed by atoms with van der Waals surface area (Å²) >= 11 is 0. The molecule has 0 bridgehead atoms. The first kappa shape index (κ1) is 35.3. The predicted molar refractivity (Wildman–Crippen MR) is 257 cm³/mol. The number of fused-ring (bicyclic) bond motifs is 8. The van der Waals surface area contributed by atoms with Crippen LogP contribution in [0, 0.1) is 0 Å². The second kappa shape index (κ2) is 13.7. The molecular weight excluding hydrogens is 737 g/mol. The minimum Gasteiger partial charge on any atom is -0.228 e. The molecule has 1 aromatic heterocycles. The fourth-order valence-corrected chi connectivity index (χ4v) is 10.1. The van der Waals surface area contributed by atoms with E-state index >= 15 is 0 Å². The summed E-state index contributed by atoms with van der Waals surface area (Å²) in [4.78, 5) is 10.6. The summed E-state index contributed by atoms with van der Waals surface area (Å²) in [6.45, 7) is 4.75. The summed E-state index contributed by atoms with van der Waals surface area (Å²) in [5.74, 6) is 0.710. The van der Waals surface area contributed by atoms with E-state index in [4.69, 9.17) is 9.97 Å². The second-order valence-electron chi connectivity index (χ2n) is 16.9. The van der Waals surface area contributed by atoms with Gasteiger partial charge in [0.15, 0.2) is 5.82 Å². The molecule has 286 valence electrons. The maximum atomic E-state index is 5.35. The van der Waals surface area contributed by atoms with Crippen molar-refractivity contribution < 1.29 is 0 Å². The van der Waals surface area contributed by atoms with Gasteiger partial charge in [0.05, 0.1) is 11.4 Å². The Labute approximate surface area is 355 Å². The maximum Gasteiger partial charge on any atom is 0.161 e. The zero-order valence-corrected chi connectivity index (χ0v) is 34.0. The lowest BCUT2D eigenvalue weighted by Gasteiger charge is -2.22. The molecule has 0 saturated carbocycles. The van der Waals surface area contributed by atoms with E-state index in [0.717, 1.165) is 33.5 Å². The van der Waals surface area contributed by atoms with Crippen LogP contribution in [0.5, 0.6) is 0 Å². The molecule has 1 aliphatic carbocycles. The van der Waals surface area contributed by atoms with E-state index < -0.39 is 0 Å². The van der Waals surface area contributed by atoms with E-state index in [1.807, 2.05) is 6.07 Å². The average molecular weight is 777 g/mol. The first-order valence-corrected chi connectivity index (χ1v) is 21.2. The quantitative estimate of drug-likeness (QED) is 0.174. The molecule has 11 aromatic rings. The molecule has 10 aromatic carbocycles. The normalized spacial score (nSPS) is 12.9. The number of nitrogens with zero attached hydrogens (tertiary/aromatic N) is 2. The highest BCUT2D eigenvalue weighted by Crippen LogP contribution is 2.52. The van der Waals surface area contributed by atoms with Crippen LogP contribution in [0.4, 0.5) is 0 Å². The van der Waals surface area contributed by atoms with Crippen LogP contribution < -0.4 is 0 Å². The Morgan fingerprint density at radius 2 is 0.836 bits per heavy atom. The van der Waals surface area contributed by atoms with E-state index in [1.165, 1.54) is 82.2 Å². The maximum absolute atomic E-state index is 5.35. The fourth-order valence-electron chi connectivity index (χ4n) is 10.1. The molecule has 0 amide bonds. The zero-order valence-electron chi connectivity index (χ0n) is 34.0. The third kappa shape index (κ3) is 5.56. The van der Waals surface area contributed by atoms with Crippen molar-refractivity contribution in [2.45, 2.75) is 19.3 Å². The largest absolute Gasteiger partial charge is 0.228 e. The van der Waals surface area contributed by atoms with Crippen molar-refractivity contribution in [3.05, 3.63) is 217 Å². The molecule has 12 rings (SSSR count). The standard InChI is InChI=1S/C59H40N2/c1-59(2)53-34-28-38-16-7-9-21-43(38)57(53)52-29-27-40(35-54(52)59)42-30-31-48(45-23-11-10-22-44(42)45)49-32-33-51(47-25-13-12-24-46(47)49)58-60-55(39-17-4-3-5-18-39)36-56(61-58)50-26-14-19-37-15-6-8-20-41(37)50/h3-36H,1-2H3. The molecule has 2 heteroatoms. The van der Waals surface area contributed by atoms with Crippen molar-refractivity contribution in [3.8, 4) is 67.3 Å². The van der Waals surface area contributed by atoms with Crippen molar-refractivity contribution in [1.82, 2.24) is 9.97 Å². The highest BCUT2D eigenvalue weighted by atomic mass is 14.9. The van der Waals surface area contributed by atoms with Crippen LogP contribution in [-0.4, -0.2) is 9.97 Å². The van der Waals surface area contributed by atoms with Crippen LogP contribution in [0.15, 0.2) is 206 Å². The summed E-state index contributed by atoms with van der Waals surface area (Å²) in [6.07, 6.45) is 0. The van der Waals surface area contributed by atoms with Crippen molar-refractivity contribution in [2.24, 2.45) is 0 Å². The van der Waals surface area contributed by atoms with Crippen LogP contribution >= 0.6 is 0 Å². The third-order valence-corrected chi connectivity index (χ3v) is 13.1. The number of hydrogen-bond acceptors (Lipinski definition) is 2. The predicted octanol–water partition coefficient (Wildman–Crippen LogP) is 15.7. The van der Waals surface area contributed by atoms with Gasteiger partial charge in [0, 0.05) is 22.1 Å². The summed E-state index contributed by atoms with van der Waals surface area (Å²) in [5, 5.41) is 9.74. The van der Waals surface area contributed by atoms with Gasteiger partial charge in [-0.25, -0.2) is 9.97 Å². The first-order valence-electron chi connectivity index (χ1n) is 21.2. The van der Waals surface area contributed by atoms with E-state index in [2.05, 4.69) is 214 Å². The van der Waals surface area contributed by atoms with Crippen LogP contribution in [0.2, 0.25) is 0 Å². The Balaban J connectivity index is 1.00. The molecule has 61 heavy (non-hydrogen) atoms. The Bertz CT molecular complexity index is 3560. The van der Waals surface area contributed by atoms with E-state index in [0.29, 0.717) is 5.82 Å². The van der Waals surface area contributed by atoms with Gasteiger partial charge in [-0.05, 0) is 106 Å². The number of aromatic nitrogens is 2. The van der Waals surface area contributed by atoms with Crippen molar-refractivity contribution in [1.29, 1.82) is 0 Å². The van der Waals surface area contributed by atoms with Crippen LogP contribution in [0.3, 0.4) is 0 Å². The minimum atomic E-state index is -0.110. The molecule has 0 unspecified atom stereocenters. The van der Waals surface area contributed by atoms with Crippen LogP contribution in [0.1, 0.15) is 25.0 Å². The SMILES string of the molecule is CC1(C)c2cc(-c3ccc(-c4ccc(-c5nc(-c6ccccc6)cc(-c6cccc7ccccc67)n5)c5ccccc45)c4ccccc34)ccc2-c2c1ccc1ccccc21. The van der Waals surface area contributed by atoms with Gasteiger partial charge in [0.1, 0.15) is 0 Å². The smallest absolute Gasteiger partial charge is 0.161 e. The van der Waals surface area contributed by atoms with Gasteiger partial charge in [-0.1, -0.05) is 202 Å². The summed E-state index contributed by atoms with van der Waals surface area (Å²) in [7, 11) is 0. The monoisotopic (exact) mass is 776 g/mol. The summed E-state index contributed by atoms with van der Waals surface area (Å²) < 4.78 is 0. The molecule has 2 nitrogen and oxygen atoms in total. The molecule has 1 aliphatic rings. The molecule has 0 spiro atoms. The zero-order chi connectivity index (χ0) is 40.7. The lowest BCUT2D eigenvalue weighted by molar-refractivity contribution is 0.661.